The van der Waals surface area contributed by atoms with Crippen molar-refractivity contribution in [2.24, 2.45) is 16.2 Å². The molecule has 0 aliphatic carbocycles. The fourth-order valence-electron chi connectivity index (χ4n) is 0.794. The van der Waals surface area contributed by atoms with Gasteiger partial charge in [0.15, 0.2) is 0 Å². The first-order valence-electron chi connectivity index (χ1n) is 6.35. The summed E-state index contributed by atoms with van der Waals surface area (Å²) < 4.78 is 6.19. The van der Waals surface area contributed by atoms with Crippen LogP contribution in [0.2, 0.25) is 0 Å². The van der Waals surface area contributed by atoms with Crippen LogP contribution >= 0.6 is 0 Å². The highest BCUT2D eigenvalue weighted by Crippen LogP contribution is 2.41. The molecule has 0 saturated carbocycles. The van der Waals surface area contributed by atoms with Gasteiger partial charge in [-0.15, -0.1) is 0 Å². The highest BCUT2D eigenvalue weighted by atomic mass is 16.5. The van der Waals surface area contributed by atoms with Crippen LogP contribution in [0.3, 0.4) is 0 Å². The van der Waals surface area contributed by atoms with Crippen molar-refractivity contribution in [3.05, 3.63) is 0 Å². The van der Waals surface area contributed by atoms with E-state index in [4.69, 9.17) is 4.74 Å². The molecular weight excluding hydrogens is 196 g/mol. The summed E-state index contributed by atoms with van der Waals surface area (Å²) in [6.45, 7) is 23.3. The zero-order valence-electron chi connectivity index (χ0n) is 13.1. The first kappa shape index (κ1) is 16.0. The first-order chi connectivity index (χ1) is 6.71. The lowest BCUT2D eigenvalue weighted by atomic mass is 9.69. The Morgan fingerprint density at radius 2 is 1.00 bits per heavy atom. The van der Waals surface area contributed by atoms with E-state index in [2.05, 4.69) is 69.2 Å². The number of ether oxygens (including phenoxy) is 1. The van der Waals surface area contributed by atoms with Crippen LogP contribution in [0.25, 0.3) is 0 Å². The Morgan fingerprint density at radius 1 is 0.625 bits per heavy atom. The van der Waals surface area contributed by atoms with Crippen molar-refractivity contribution in [1.82, 2.24) is 0 Å². The van der Waals surface area contributed by atoms with Crippen molar-refractivity contribution in [1.29, 1.82) is 0 Å². The largest absolute Gasteiger partial charge is 0.374 e. The Balaban J connectivity index is 4.59. The van der Waals surface area contributed by atoms with Crippen LogP contribution in [0.1, 0.15) is 69.2 Å². The van der Waals surface area contributed by atoms with Gasteiger partial charge in [-0.25, -0.2) is 0 Å². The van der Waals surface area contributed by atoms with E-state index in [-0.39, 0.29) is 21.8 Å². The Morgan fingerprint density at radius 3 is 1.25 bits per heavy atom. The Labute approximate surface area is 103 Å². The van der Waals surface area contributed by atoms with E-state index in [1.165, 1.54) is 0 Å². The standard InChI is InChI=1S/C15H32O/c1-12(2,3)14(7,8)11-16-15(9,10)13(4,5)6/h11H2,1-10H3. The number of hydrogen-bond donors (Lipinski definition) is 0. The van der Waals surface area contributed by atoms with Crippen LogP contribution in [0, 0.1) is 16.2 Å². The summed E-state index contributed by atoms with van der Waals surface area (Å²) >= 11 is 0. The lowest BCUT2D eigenvalue weighted by Gasteiger charge is -2.44. The van der Waals surface area contributed by atoms with Gasteiger partial charge in [0.05, 0.1) is 12.2 Å². The smallest absolute Gasteiger partial charge is 0.0674 e. The van der Waals surface area contributed by atoms with Gasteiger partial charge in [-0.3, -0.25) is 0 Å². The van der Waals surface area contributed by atoms with Gasteiger partial charge in [-0.2, -0.15) is 0 Å². The van der Waals surface area contributed by atoms with Crippen LogP contribution in [-0.2, 0) is 4.74 Å². The second kappa shape index (κ2) is 4.33. The molecule has 16 heavy (non-hydrogen) atoms. The summed E-state index contributed by atoms with van der Waals surface area (Å²) in [5, 5.41) is 0. The lowest BCUT2D eigenvalue weighted by Crippen LogP contribution is -2.44. The zero-order chi connectivity index (χ0) is 13.4. The van der Waals surface area contributed by atoms with Gasteiger partial charge in [0, 0.05) is 0 Å². The van der Waals surface area contributed by atoms with E-state index in [0.29, 0.717) is 0 Å². The van der Waals surface area contributed by atoms with Crippen molar-refractivity contribution in [2.75, 3.05) is 6.61 Å². The highest BCUT2D eigenvalue weighted by Gasteiger charge is 2.38. The maximum absolute atomic E-state index is 6.19. The van der Waals surface area contributed by atoms with Crippen molar-refractivity contribution in [3.8, 4) is 0 Å². The van der Waals surface area contributed by atoms with E-state index in [9.17, 15) is 0 Å². The molecule has 0 unspecified atom stereocenters. The molecule has 0 fully saturated rings. The predicted molar refractivity (Wildman–Crippen MR) is 72.7 cm³/mol. The SMILES string of the molecule is CC(C)(C)C(C)(C)COC(C)(C)C(C)(C)C. The van der Waals surface area contributed by atoms with Crippen LogP contribution in [0.5, 0.6) is 0 Å². The minimum Gasteiger partial charge on any atom is -0.374 e. The van der Waals surface area contributed by atoms with Crippen molar-refractivity contribution in [3.63, 3.8) is 0 Å². The molecule has 1 nitrogen and oxygen atoms in total. The van der Waals surface area contributed by atoms with Crippen molar-refractivity contribution in [2.45, 2.75) is 74.8 Å². The van der Waals surface area contributed by atoms with Crippen LogP contribution in [0.15, 0.2) is 0 Å². The monoisotopic (exact) mass is 228 g/mol. The van der Waals surface area contributed by atoms with Gasteiger partial charge < -0.3 is 4.74 Å². The van der Waals surface area contributed by atoms with Crippen molar-refractivity contribution >= 4 is 0 Å². The molecule has 0 saturated heterocycles. The van der Waals surface area contributed by atoms with E-state index in [0.717, 1.165) is 6.61 Å². The highest BCUT2D eigenvalue weighted by molar-refractivity contribution is 4.87. The minimum atomic E-state index is -0.0878. The molecule has 0 spiro atoms. The second-order valence-corrected chi connectivity index (χ2v) is 8.18. The number of hydrogen-bond acceptors (Lipinski definition) is 1. The molecule has 1 heteroatoms. The van der Waals surface area contributed by atoms with Crippen LogP contribution in [-0.4, -0.2) is 12.2 Å². The maximum Gasteiger partial charge on any atom is 0.0674 e. The van der Waals surface area contributed by atoms with Gasteiger partial charge >= 0.3 is 0 Å². The van der Waals surface area contributed by atoms with E-state index in [1.54, 1.807) is 0 Å². The first-order valence-corrected chi connectivity index (χ1v) is 6.35. The summed E-state index contributed by atoms with van der Waals surface area (Å²) in [6, 6.07) is 0. The molecule has 0 amide bonds. The third kappa shape index (κ3) is 3.76. The predicted octanol–water partition coefficient (Wildman–Crippen LogP) is 4.90. The Kier molecular flexibility index (Phi) is 4.32. The minimum absolute atomic E-state index is 0.0878. The van der Waals surface area contributed by atoms with Crippen LogP contribution < -0.4 is 0 Å². The van der Waals surface area contributed by atoms with Gasteiger partial charge in [0.1, 0.15) is 0 Å². The molecule has 0 aromatic heterocycles. The molecule has 0 heterocycles. The summed E-state index contributed by atoms with van der Waals surface area (Å²) in [4.78, 5) is 0. The summed E-state index contributed by atoms with van der Waals surface area (Å²) in [6.07, 6.45) is 0. The molecule has 98 valence electrons. The van der Waals surface area contributed by atoms with E-state index >= 15 is 0 Å². The van der Waals surface area contributed by atoms with Crippen LogP contribution in [0.4, 0.5) is 0 Å². The third-order valence-electron chi connectivity index (χ3n) is 4.63. The van der Waals surface area contributed by atoms with Gasteiger partial charge in [0.2, 0.25) is 0 Å². The molecular formula is C15H32O. The topological polar surface area (TPSA) is 9.23 Å². The molecule has 0 aromatic carbocycles. The maximum atomic E-state index is 6.19. The molecule has 0 bridgehead atoms. The molecule has 0 aliphatic heterocycles. The molecule has 0 aliphatic rings. The Hall–Kier alpha value is -0.0400. The summed E-state index contributed by atoms with van der Waals surface area (Å²) in [7, 11) is 0. The molecule has 0 aromatic rings. The Bertz CT molecular complexity index is 197. The molecule has 0 N–H and O–H groups in total. The fraction of sp³-hybridized carbons (Fsp3) is 1.00. The van der Waals surface area contributed by atoms with Gasteiger partial charge in [0.25, 0.3) is 0 Å². The molecule has 0 radical (unpaired) electrons. The fourth-order valence-corrected chi connectivity index (χ4v) is 0.794. The van der Waals surface area contributed by atoms with E-state index < -0.39 is 0 Å². The average Bonchev–Trinajstić information content (AvgIpc) is 1.97. The molecule has 0 atom stereocenters. The third-order valence-corrected chi connectivity index (χ3v) is 4.63. The second-order valence-electron chi connectivity index (χ2n) is 8.18. The van der Waals surface area contributed by atoms with Gasteiger partial charge in [-0.05, 0) is 30.1 Å². The number of rotatable bonds is 3. The quantitative estimate of drug-likeness (QED) is 0.667. The van der Waals surface area contributed by atoms with Gasteiger partial charge in [-0.1, -0.05) is 55.4 Å². The average molecular weight is 228 g/mol. The summed E-state index contributed by atoms with van der Waals surface area (Å²) in [5.41, 5.74) is 0.535. The molecule has 0 rings (SSSR count). The van der Waals surface area contributed by atoms with E-state index in [1.807, 2.05) is 0 Å². The summed E-state index contributed by atoms with van der Waals surface area (Å²) in [5.74, 6) is 0. The lowest BCUT2D eigenvalue weighted by molar-refractivity contribution is -0.131. The normalized spacial score (nSPS) is 15.4. The zero-order valence-corrected chi connectivity index (χ0v) is 13.1. The van der Waals surface area contributed by atoms with Crippen molar-refractivity contribution < 1.29 is 4.74 Å².